The Balaban J connectivity index is 4.39. The first-order valence-corrected chi connectivity index (χ1v) is 4.96. The Kier molecular flexibility index (Phi) is 4.28. The molecule has 3 heteroatoms. The molecule has 0 heterocycles. The van der Waals surface area contributed by atoms with Crippen LogP contribution in [0.2, 0.25) is 0 Å². The van der Waals surface area contributed by atoms with E-state index in [1.165, 1.54) is 6.92 Å². The lowest BCUT2D eigenvalue weighted by Gasteiger charge is -2.29. The quantitative estimate of drug-likeness (QED) is 0.756. The number of ether oxygens (including phenoxy) is 1. The highest BCUT2D eigenvalue weighted by Crippen LogP contribution is 2.23. The lowest BCUT2D eigenvalue weighted by Crippen LogP contribution is -2.46. The molecule has 84 valence electrons. The summed E-state index contributed by atoms with van der Waals surface area (Å²) in [6, 6.07) is 0. The van der Waals surface area contributed by atoms with Gasteiger partial charge in [0, 0.05) is 5.41 Å². The fraction of sp³-hybridized carbons (Fsp3) is 0.909. The van der Waals surface area contributed by atoms with Crippen LogP contribution in [-0.4, -0.2) is 29.2 Å². The topological polar surface area (TPSA) is 46.5 Å². The molecule has 0 rings (SSSR count). The third-order valence-corrected chi connectivity index (χ3v) is 1.87. The zero-order valence-electron chi connectivity index (χ0n) is 10.0. The van der Waals surface area contributed by atoms with Gasteiger partial charge in [0.05, 0.1) is 12.7 Å². The zero-order valence-corrected chi connectivity index (χ0v) is 10.0. The van der Waals surface area contributed by atoms with Crippen LogP contribution >= 0.6 is 0 Å². The molecule has 0 aliphatic carbocycles. The Bertz CT molecular complexity index is 199. The van der Waals surface area contributed by atoms with E-state index in [9.17, 15) is 9.90 Å². The van der Waals surface area contributed by atoms with Gasteiger partial charge >= 0.3 is 0 Å². The van der Waals surface area contributed by atoms with Crippen molar-refractivity contribution in [3.8, 4) is 0 Å². The van der Waals surface area contributed by atoms with Crippen LogP contribution in [0, 0.1) is 5.41 Å². The number of aliphatic hydroxyl groups is 1. The van der Waals surface area contributed by atoms with Crippen molar-refractivity contribution >= 4 is 5.78 Å². The van der Waals surface area contributed by atoms with Gasteiger partial charge in [-0.25, -0.2) is 0 Å². The minimum Gasteiger partial charge on any atom is -0.380 e. The predicted molar refractivity (Wildman–Crippen MR) is 56.2 cm³/mol. The van der Waals surface area contributed by atoms with Gasteiger partial charge < -0.3 is 9.84 Å². The molecule has 1 atom stereocenters. The molecule has 0 aromatic rings. The second-order valence-electron chi connectivity index (χ2n) is 5.21. The van der Waals surface area contributed by atoms with Crippen molar-refractivity contribution in [2.75, 3.05) is 6.61 Å². The molecule has 0 aromatic carbocycles. The molecule has 1 unspecified atom stereocenters. The van der Waals surface area contributed by atoms with Crippen molar-refractivity contribution in [1.29, 1.82) is 0 Å². The number of ketones is 1. The van der Waals surface area contributed by atoms with E-state index in [4.69, 9.17) is 4.74 Å². The molecular formula is C11H22O3. The summed E-state index contributed by atoms with van der Waals surface area (Å²) in [5.41, 5.74) is -1.92. The minimum atomic E-state index is -1.39. The first-order valence-electron chi connectivity index (χ1n) is 4.96. The molecule has 0 aliphatic rings. The van der Waals surface area contributed by atoms with Gasteiger partial charge in [0.2, 0.25) is 0 Å². The monoisotopic (exact) mass is 202 g/mol. The van der Waals surface area contributed by atoms with Crippen LogP contribution in [0.25, 0.3) is 0 Å². The van der Waals surface area contributed by atoms with E-state index in [-0.39, 0.29) is 18.5 Å². The first kappa shape index (κ1) is 13.6. The van der Waals surface area contributed by atoms with Crippen molar-refractivity contribution in [1.82, 2.24) is 0 Å². The normalized spacial score (nSPS) is 16.9. The van der Waals surface area contributed by atoms with Crippen LogP contribution < -0.4 is 0 Å². The van der Waals surface area contributed by atoms with Crippen molar-refractivity contribution in [3.05, 3.63) is 0 Å². The average molecular weight is 202 g/mol. The Morgan fingerprint density at radius 2 is 1.71 bits per heavy atom. The summed E-state index contributed by atoms with van der Waals surface area (Å²) in [5.74, 6) is -0.189. The van der Waals surface area contributed by atoms with Crippen LogP contribution in [0.4, 0.5) is 0 Å². The van der Waals surface area contributed by atoms with Gasteiger partial charge in [-0.2, -0.15) is 0 Å². The van der Waals surface area contributed by atoms with Gasteiger partial charge in [-0.05, 0) is 20.8 Å². The predicted octanol–water partition coefficient (Wildman–Crippen LogP) is 1.78. The third kappa shape index (κ3) is 4.20. The zero-order chi connectivity index (χ0) is 11.6. The van der Waals surface area contributed by atoms with Crippen LogP contribution in [0.1, 0.15) is 41.5 Å². The van der Waals surface area contributed by atoms with E-state index < -0.39 is 11.0 Å². The molecule has 0 aromatic heterocycles. The van der Waals surface area contributed by atoms with E-state index in [1.807, 2.05) is 13.8 Å². The van der Waals surface area contributed by atoms with Gasteiger partial charge in [0.1, 0.15) is 5.60 Å². The second kappa shape index (κ2) is 4.41. The minimum absolute atomic E-state index is 0.0224. The Hall–Kier alpha value is -0.410. The third-order valence-electron chi connectivity index (χ3n) is 1.87. The van der Waals surface area contributed by atoms with Gasteiger partial charge in [-0.3, -0.25) is 4.79 Å². The van der Waals surface area contributed by atoms with E-state index >= 15 is 0 Å². The average Bonchev–Trinajstić information content (AvgIpc) is 1.98. The number of Topliss-reactive ketones (excluding diaryl/α,β-unsaturated/α-hetero) is 1. The summed E-state index contributed by atoms with van der Waals surface area (Å²) >= 11 is 0. The standard InChI is InChI=1S/C11H22O3/c1-8(2)14-7-11(6,13)9(12)10(3,4)5/h8,13H,7H2,1-6H3. The molecule has 1 N–H and O–H groups in total. The maximum atomic E-state index is 11.8. The summed E-state index contributed by atoms with van der Waals surface area (Å²) in [6.07, 6.45) is 0.0224. The number of carbonyl (C=O) groups is 1. The largest absolute Gasteiger partial charge is 0.380 e. The van der Waals surface area contributed by atoms with Crippen LogP contribution in [0.3, 0.4) is 0 Å². The van der Waals surface area contributed by atoms with Crippen molar-refractivity contribution in [2.45, 2.75) is 53.2 Å². The summed E-state index contributed by atoms with van der Waals surface area (Å²) in [7, 11) is 0. The van der Waals surface area contributed by atoms with Gasteiger partial charge in [-0.1, -0.05) is 20.8 Å². The molecule has 0 bridgehead atoms. The molecule has 0 spiro atoms. The summed E-state index contributed by atoms with van der Waals surface area (Å²) < 4.78 is 5.25. The second-order valence-corrected chi connectivity index (χ2v) is 5.21. The van der Waals surface area contributed by atoms with Gasteiger partial charge in [0.25, 0.3) is 0 Å². The van der Waals surface area contributed by atoms with Crippen LogP contribution in [-0.2, 0) is 9.53 Å². The van der Waals surface area contributed by atoms with Gasteiger partial charge in [0.15, 0.2) is 5.78 Å². The van der Waals surface area contributed by atoms with Gasteiger partial charge in [-0.15, -0.1) is 0 Å². The van der Waals surface area contributed by atoms with Crippen molar-refractivity contribution in [3.63, 3.8) is 0 Å². The van der Waals surface area contributed by atoms with E-state index in [1.54, 1.807) is 20.8 Å². The Labute approximate surface area is 86.5 Å². The molecule has 14 heavy (non-hydrogen) atoms. The molecule has 0 saturated carbocycles. The number of hydrogen-bond donors (Lipinski definition) is 1. The first-order chi connectivity index (χ1) is 6.07. The number of rotatable bonds is 4. The number of hydrogen-bond acceptors (Lipinski definition) is 3. The Morgan fingerprint density at radius 1 is 1.29 bits per heavy atom. The molecule has 3 nitrogen and oxygen atoms in total. The lowest BCUT2D eigenvalue weighted by atomic mass is 9.81. The lowest BCUT2D eigenvalue weighted by molar-refractivity contribution is -0.151. The fourth-order valence-corrected chi connectivity index (χ4v) is 1.20. The molecule has 0 radical (unpaired) electrons. The summed E-state index contributed by atoms with van der Waals surface area (Å²) in [5, 5.41) is 9.89. The van der Waals surface area contributed by atoms with E-state index in [0.29, 0.717) is 0 Å². The summed E-state index contributed by atoms with van der Waals surface area (Å²) in [4.78, 5) is 11.8. The van der Waals surface area contributed by atoms with Crippen LogP contribution in [0.15, 0.2) is 0 Å². The smallest absolute Gasteiger partial charge is 0.171 e. The van der Waals surface area contributed by atoms with E-state index in [0.717, 1.165) is 0 Å². The van der Waals surface area contributed by atoms with Crippen molar-refractivity contribution in [2.24, 2.45) is 5.41 Å². The maximum absolute atomic E-state index is 11.8. The molecule has 0 amide bonds. The molecule has 0 fully saturated rings. The molecule has 0 aliphatic heterocycles. The number of carbonyl (C=O) groups excluding carboxylic acids is 1. The van der Waals surface area contributed by atoms with E-state index in [2.05, 4.69) is 0 Å². The van der Waals surface area contributed by atoms with Crippen molar-refractivity contribution < 1.29 is 14.6 Å². The molecule has 0 saturated heterocycles. The fourth-order valence-electron chi connectivity index (χ4n) is 1.20. The highest BCUT2D eigenvalue weighted by molar-refractivity contribution is 5.91. The molecular weight excluding hydrogens is 180 g/mol. The summed E-state index contributed by atoms with van der Waals surface area (Å²) in [6.45, 7) is 10.7. The highest BCUT2D eigenvalue weighted by atomic mass is 16.5. The highest BCUT2D eigenvalue weighted by Gasteiger charge is 2.38. The SMILES string of the molecule is CC(C)OCC(C)(O)C(=O)C(C)(C)C. The van der Waals surface area contributed by atoms with Crippen LogP contribution in [0.5, 0.6) is 0 Å². The Morgan fingerprint density at radius 3 is 2.00 bits per heavy atom. The maximum Gasteiger partial charge on any atom is 0.171 e.